The van der Waals surface area contributed by atoms with Crippen molar-refractivity contribution in [2.24, 2.45) is 0 Å². The van der Waals surface area contributed by atoms with Crippen LogP contribution >= 0.6 is 15.9 Å². The smallest absolute Gasteiger partial charge is 0.268 e. The molecule has 1 amide bonds. The van der Waals surface area contributed by atoms with Crippen molar-refractivity contribution in [3.63, 3.8) is 0 Å². The average molecular weight is 314 g/mol. The number of hydrogen-bond acceptors (Lipinski definition) is 2. The lowest BCUT2D eigenvalue weighted by molar-refractivity contribution is 0.0944. The molecule has 1 heterocycles. The third-order valence-electron chi connectivity index (χ3n) is 2.95. The van der Waals surface area contributed by atoms with Crippen molar-refractivity contribution in [2.75, 3.05) is 13.1 Å². The fourth-order valence-corrected chi connectivity index (χ4v) is 2.35. The van der Waals surface area contributed by atoms with Gasteiger partial charge in [-0.15, -0.1) is 0 Å². The van der Waals surface area contributed by atoms with E-state index < -0.39 is 0 Å². The second kappa shape index (κ2) is 5.89. The van der Waals surface area contributed by atoms with Crippen molar-refractivity contribution >= 4 is 21.8 Å². The average Bonchev–Trinajstić information content (AvgIpc) is 3.07. The molecule has 1 aromatic heterocycles. The van der Waals surface area contributed by atoms with Crippen LogP contribution in [0.1, 0.15) is 43.2 Å². The van der Waals surface area contributed by atoms with E-state index in [2.05, 4.69) is 45.0 Å². The summed E-state index contributed by atoms with van der Waals surface area (Å²) in [4.78, 5) is 12.1. The van der Waals surface area contributed by atoms with E-state index in [0.717, 1.165) is 16.7 Å². The summed E-state index contributed by atoms with van der Waals surface area (Å²) in [6.45, 7) is 5.65. The van der Waals surface area contributed by atoms with Gasteiger partial charge in [0, 0.05) is 35.8 Å². The zero-order chi connectivity index (χ0) is 13.1. The van der Waals surface area contributed by atoms with Gasteiger partial charge in [-0.25, -0.2) is 0 Å². The lowest BCUT2D eigenvalue weighted by atomic mass is 10.3. The Bertz CT molecular complexity index is 424. The number of carbonyl (C=O) groups excluding carboxylic acids is 1. The van der Waals surface area contributed by atoms with Crippen LogP contribution in [0.4, 0.5) is 0 Å². The first-order chi connectivity index (χ1) is 8.58. The molecule has 0 aliphatic heterocycles. The van der Waals surface area contributed by atoms with Crippen molar-refractivity contribution in [3.05, 3.63) is 22.4 Å². The standard InChI is InChI=1S/C13H20BrN3O/c1-9(2)15-5-6-16-13(18)12-7-10(14)8-17(12)11-3-4-11/h7-9,11,15H,3-6H2,1-2H3,(H,16,18). The van der Waals surface area contributed by atoms with E-state index in [1.807, 2.05) is 12.3 Å². The maximum Gasteiger partial charge on any atom is 0.268 e. The summed E-state index contributed by atoms with van der Waals surface area (Å²) < 4.78 is 3.05. The van der Waals surface area contributed by atoms with E-state index in [1.54, 1.807) is 0 Å². The lowest BCUT2D eigenvalue weighted by Crippen LogP contribution is -2.35. The lowest BCUT2D eigenvalue weighted by Gasteiger charge is -2.10. The van der Waals surface area contributed by atoms with Crippen LogP contribution in [0.5, 0.6) is 0 Å². The molecule has 2 rings (SSSR count). The van der Waals surface area contributed by atoms with Gasteiger partial charge in [-0.05, 0) is 34.8 Å². The minimum atomic E-state index is 0.0122. The molecule has 5 heteroatoms. The Morgan fingerprint density at radius 2 is 2.22 bits per heavy atom. The summed E-state index contributed by atoms with van der Waals surface area (Å²) >= 11 is 3.44. The molecule has 2 N–H and O–H groups in total. The summed E-state index contributed by atoms with van der Waals surface area (Å²) in [5.41, 5.74) is 0.758. The predicted octanol–water partition coefficient (Wildman–Crippen LogP) is 2.31. The van der Waals surface area contributed by atoms with E-state index >= 15 is 0 Å². The molecular formula is C13H20BrN3O. The molecular weight excluding hydrogens is 294 g/mol. The summed E-state index contributed by atoms with van der Waals surface area (Å²) in [6.07, 6.45) is 4.35. The van der Waals surface area contributed by atoms with Crippen LogP contribution in [0, 0.1) is 0 Å². The van der Waals surface area contributed by atoms with Gasteiger partial charge in [0.15, 0.2) is 0 Å². The van der Waals surface area contributed by atoms with Gasteiger partial charge in [0.2, 0.25) is 0 Å². The fourth-order valence-electron chi connectivity index (χ4n) is 1.91. The number of nitrogens with zero attached hydrogens (tertiary/aromatic N) is 1. The van der Waals surface area contributed by atoms with E-state index in [0.29, 0.717) is 18.6 Å². The summed E-state index contributed by atoms with van der Waals surface area (Å²) in [7, 11) is 0. The minimum absolute atomic E-state index is 0.0122. The van der Waals surface area contributed by atoms with Crippen LogP contribution in [0.2, 0.25) is 0 Å². The Hall–Kier alpha value is -0.810. The van der Waals surface area contributed by atoms with Gasteiger partial charge in [0.1, 0.15) is 5.69 Å². The molecule has 0 atom stereocenters. The van der Waals surface area contributed by atoms with Crippen molar-refractivity contribution in [2.45, 2.75) is 38.8 Å². The fraction of sp³-hybridized carbons (Fsp3) is 0.615. The van der Waals surface area contributed by atoms with Gasteiger partial charge >= 0.3 is 0 Å². The summed E-state index contributed by atoms with van der Waals surface area (Å²) in [5, 5.41) is 6.22. The number of rotatable bonds is 6. The Kier molecular flexibility index (Phi) is 4.45. The molecule has 1 aromatic rings. The Morgan fingerprint density at radius 3 is 2.83 bits per heavy atom. The molecule has 18 heavy (non-hydrogen) atoms. The van der Waals surface area contributed by atoms with Crippen LogP contribution in [0.25, 0.3) is 0 Å². The highest BCUT2D eigenvalue weighted by Gasteiger charge is 2.27. The number of nitrogens with one attached hydrogen (secondary N) is 2. The molecule has 0 radical (unpaired) electrons. The summed E-state index contributed by atoms with van der Waals surface area (Å²) in [5.74, 6) is 0.0122. The number of halogens is 1. The number of carbonyl (C=O) groups is 1. The molecule has 1 fully saturated rings. The topological polar surface area (TPSA) is 46.1 Å². The van der Waals surface area contributed by atoms with Crippen molar-refractivity contribution in [3.8, 4) is 0 Å². The van der Waals surface area contributed by atoms with Crippen molar-refractivity contribution in [1.82, 2.24) is 15.2 Å². The molecule has 1 saturated carbocycles. The maximum atomic E-state index is 12.1. The van der Waals surface area contributed by atoms with Crippen LogP contribution in [0.15, 0.2) is 16.7 Å². The van der Waals surface area contributed by atoms with E-state index in [4.69, 9.17) is 0 Å². The van der Waals surface area contributed by atoms with Gasteiger partial charge in [0.25, 0.3) is 5.91 Å². The van der Waals surface area contributed by atoms with Gasteiger partial charge < -0.3 is 15.2 Å². The van der Waals surface area contributed by atoms with Gasteiger partial charge in [0.05, 0.1) is 0 Å². The van der Waals surface area contributed by atoms with Gasteiger partial charge in [-0.2, -0.15) is 0 Å². The molecule has 0 unspecified atom stereocenters. The van der Waals surface area contributed by atoms with Crippen LogP contribution < -0.4 is 10.6 Å². The second-order valence-corrected chi connectivity index (χ2v) is 5.96. The van der Waals surface area contributed by atoms with Crippen LogP contribution in [0.3, 0.4) is 0 Å². The highest BCUT2D eigenvalue weighted by Crippen LogP contribution is 2.37. The van der Waals surface area contributed by atoms with Crippen LogP contribution in [-0.4, -0.2) is 29.6 Å². The van der Waals surface area contributed by atoms with E-state index in [9.17, 15) is 4.79 Å². The quantitative estimate of drug-likeness (QED) is 0.792. The first kappa shape index (κ1) is 13.6. The molecule has 1 aliphatic carbocycles. The van der Waals surface area contributed by atoms with E-state index in [-0.39, 0.29) is 5.91 Å². The SMILES string of the molecule is CC(C)NCCNC(=O)c1cc(Br)cn1C1CC1. The molecule has 1 aliphatic rings. The monoisotopic (exact) mass is 313 g/mol. The largest absolute Gasteiger partial charge is 0.349 e. The van der Waals surface area contributed by atoms with E-state index in [1.165, 1.54) is 12.8 Å². The number of aromatic nitrogens is 1. The molecule has 0 spiro atoms. The normalized spacial score (nSPS) is 15.1. The molecule has 100 valence electrons. The van der Waals surface area contributed by atoms with Crippen molar-refractivity contribution < 1.29 is 4.79 Å². The Morgan fingerprint density at radius 1 is 1.50 bits per heavy atom. The number of hydrogen-bond donors (Lipinski definition) is 2. The van der Waals surface area contributed by atoms with Gasteiger partial charge in [-0.1, -0.05) is 13.8 Å². The molecule has 4 nitrogen and oxygen atoms in total. The highest BCUT2D eigenvalue weighted by molar-refractivity contribution is 9.10. The minimum Gasteiger partial charge on any atom is -0.349 e. The predicted molar refractivity (Wildman–Crippen MR) is 75.9 cm³/mol. The second-order valence-electron chi connectivity index (χ2n) is 5.05. The maximum absolute atomic E-state index is 12.1. The molecule has 0 bridgehead atoms. The highest BCUT2D eigenvalue weighted by atomic mass is 79.9. The molecule has 0 aromatic carbocycles. The molecule has 0 saturated heterocycles. The Balaban J connectivity index is 1.88. The Labute approximate surface area is 116 Å². The van der Waals surface area contributed by atoms with Crippen molar-refractivity contribution in [1.29, 1.82) is 0 Å². The van der Waals surface area contributed by atoms with Gasteiger partial charge in [-0.3, -0.25) is 4.79 Å². The third-order valence-corrected chi connectivity index (χ3v) is 3.38. The van der Waals surface area contributed by atoms with Crippen LogP contribution in [-0.2, 0) is 0 Å². The first-order valence-corrected chi connectivity index (χ1v) is 7.26. The third kappa shape index (κ3) is 3.59. The first-order valence-electron chi connectivity index (χ1n) is 6.47. The zero-order valence-corrected chi connectivity index (χ0v) is 12.5. The zero-order valence-electron chi connectivity index (χ0n) is 10.9. The number of amides is 1. The summed E-state index contributed by atoms with van der Waals surface area (Å²) in [6, 6.07) is 2.86.